The van der Waals surface area contributed by atoms with Crippen LogP contribution >= 0.6 is 0 Å². The average Bonchev–Trinajstić information content (AvgIpc) is 3.29. The van der Waals surface area contributed by atoms with Crippen molar-refractivity contribution in [3.8, 4) is 11.5 Å². The lowest BCUT2D eigenvalue weighted by atomic mass is 9.96. The van der Waals surface area contributed by atoms with Crippen molar-refractivity contribution in [3.05, 3.63) is 59.7 Å². The lowest BCUT2D eigenvalue weighted by Crippen LogP contribution is -2.60. The lowest BCUT2D eigenvalue weighted by Gasteiger charge is -2.29. The Balaban J connectivity index is 2.56. The molecule has 0 spiro atoms. The van der Waals surface area contributed by atoms with E-state index in [2.05, 4.69) is 41.9 Å². The van der Waals surface area contributed by atoms with Crippen molar-refractivity contribution in [2.45, 2.75) is 134 Å². The number of hydrogen-bond acceptors (Lipinski definition) is 12. The van der Waals surface area contributed by atoms with Crippen LogP contribution in [0.4, 0.5) is 0 Å². The third kappa shape index (κ3) is 22.2. The van der Waals surface area contributed by atoms with Gasteiger partial charge in [-0.15, -0.1) is 0 Å². The first-order chi connectivity index (χ1) is 32.4. The van der Waals surface area contributed by atoms with Crippen LogP contribution in [0.15, 0.2) is 58.5 Å². The number of guanidine groups is 2. The van der Waals surface area contributed by atoms with Crippen LogP contribution in [-0.2, 0) is 41.6 Å². The number of aromatic hydroxyl groups is 2. The number of rotatable bonds is 33. The summed E-state index contributed by atoms with van der Waals surface area (Å²) in [4.78, 5) is 91.3. The van der Waals surface area contributed by atoms with Crippen molar-refractivity contribution < 1.29 is 39.0 Å². The summed E-state index contributed by atoms with van der Waals surface area (Å²) in [5, 5.41) is 37.1. The van der Waals surface area contributed by atoms with Gasteiger partial charge in [-0.2, -0.15) is 0 Å². The highest BCUT2D eigenvalue weighted by atomic mass is 16.3. The van der Waals surface area contributed by atoms with Gasteiger partial charge in [0.05, 0.1) is 6.04 Å². The van der Waals surface area contributed by atoms with Crippen LogP contribution in [0.2, 0.25) is 0 Å². The second-order valence-electron chi connectivity index (χ2n) is 16.8. The van der Waals surface area contributed by atoms with Gasteiger partial charge < -0.3 is 76.5 Å². The van der Waals surface area contributed by atoms with Crippen LogP contribution in [0.3, 0.4) is 0 Å². The average molecular weight is 953 g/mol. The molecule has 0 saturated carbocycles. The molecule has 20 N–H and O–H groups in total. The van der Waals surface area contributed by atoms with Gasteiger partial charge in [0.1, 0.15) is 41.7 Å². The molecule has 378 valence electrons. The highest BCUT2D eigenvalue weighted by Gasteiger charge is 2.34. The summed E-state index contributed by atoms with van der Waals surface area (Å²) in [6, 6.07) is 5.24. The van der Waals surface area contributed by atoms with Crippen LogP contribution in [0, 0.1) is 5.92 Å². The van der Waals surface area contributed by atoms with E-state index >= 15 is 0 Å². The van der Waals surface area contributed by atoms with Crippen molar-refractivity contribution >= 4 is 47.4 Å². The molecule has 68 heavy (non-hydrogen) atoms. The Bertz CT molecular complexity index is 1940. The molecule has 7 atom stereocenters. The van der Waals surface area contributed by atoms with Crippen LogP contribution in [-0.4, -0.2) is 120 Å². The van der Waals surface area contributed by atoms with Crippen molar-refractivity contribution in [2.75, 3.05) is 26.2 Å². The first-order valence-corrected chi connectivity index (χ1v) is 23.3. The number of phenols is 2. The topological polar surface area (TPSA) is 396 Å². The monoisotopic (exact) mass is 953 g/mol. The van der Waals surface area contributed by atoms with Crippen LogP contribution in [0.25, 0.3) is 0 Å². The van der Waals surface area contributed by atoms with E-state index in [0.29, 0.717) is 56.3 Å². The summed E-state index contributed by atoms with van der Waals surface area (Å²) < 4.78 is 0. The molecule has 0 heterocycles. The molecular weight excluding hydrogens is 877 g/mol. The largest absolute Gasteiger partial charge is 0.508 e. The first kappa shape index (κ1) is 57.4. The molecule has 22 heteroatoms. The number of nitrogens with zero attached hydrogens (tertiary/aromatic N) is 2. The highest BCUT2D eigenvalue weighted by molar-refractivity contribution is 5.97. The quantitative estimate of drug-likeness (QED) is 0.0228. The Kier molecular flexibility index (Phi) is 26.5. The van der Waals surface area contributed by atoms with Crippen molar-refractivity contribution in [1.82, 2.24) is 31.9 Å². The summed E-state index contributed by atoms with van der Waals surface area (Å²) >= 11 is 0. The molecule has 2 rings (SSSR count). The second kappa shape index (κ2) is 31.3. The molecule has 6 amide bonds. The number of phenolic OH excluding ortho intramolecular Hbond substituents is 2. The number of benzene rings is 2. The SMILES string of the molecule is CCCCN[C@@H](CCCN=C(N)N)C(=O)N[C@@H](Cc1ccc(O)cc1)C(=O)N[C@@H](Cc1ccc(O)cc1)C(=O)N[C@@H](CCCN=C(N)N)C(=O)N[C@H](C(=O)N[C@@H](CCCCN)C(N)=O)[C@@H](C)CC. The number of carbonyl (C=O) groups is 6. The smallest absolute Gasteiger partial charge is 0.243 e. The number of carbonyl (C=O) groups excluding carboxylic acids is 6. The zero-order chi connectivity index (χ0) is 50.6. The molecule has 0 saturated heterocycles. The van der Waals surface area contributed by atoms with E-state index in [-0.39, 0.29) is 68.6 Å². The molecule has 22 nitrogen and oxygen atoms in total. The molecule has 0 bridgehead atoms. The molecule has 0 unspecified atom stereocenters. The van der Waals surface area contributed by atoms with E-state index < -0.39 is 77.6 Å². The number of nitrogens with two attached hydrogens (primary N) is 6. The first-order valence-electron chi connectivity index (χ1n) is 23.3. The third-order valence-corrected chi connectivity index (χ3v) is 11.2. The van der Waals surface area contributed by atoms with Gasteiger partial charge in [-0.05, 0) is 106 Å². The molecule has 0 fully saturated rings. The Morgan fingerprint density at radius 1 is 0.544 bits per heavy atom. The fourth-order valence-electron chi connectivity index (χ4n) is 7.02. The third-order valence-electron chi connectivity index (χ3n) is 11.2. The van der Waals surface area contributed by atoms with Crippen molar-refractivity contribution in [3.63, 3.8) is 0 Å². The van der Waals surface area contributed by atoms with E-state index in [4.69, 9.17) is 34.4 Å². The number of hydrogen-bond donors (Lipinski definition) is 14. The highest BCUT2D eigenvalue weighted by Crippen LogP contribution is 2.16. The number of nitrogens with one attached hydrogen (secondary N) is 6. The molecule has 0 aliphatic heterocycles. The van der Waals surface area contributed by atoms with Gasteiger partial charge in [0.15, 0.2) is 11.9 Å². The Morgan fingerprint density at radius 2 is 0.971 bits per heavy atom. The number of amides is 6. The maximum atomic E-state index is 14.5. The van der Waals surface area contributed by atoms with Gasteiger partial charge in [-0.1, -0.05) is 57.9 Å². The van der Waals surface area contributed by atoms with Crippen LogP contribution in [0.1, 0.15) is 96.1 Å². The van der Waals surface area contributed by atoms with Gasteiger partial charge in [-0.25, -0.2) is 0 Å². The Labute approximate surface area is 399 Å². The van der Waals surface area contributed by atoms with E-state index in [0.717, 1.165) is 12.8 Å². The number of primary amides is 1. The van der Waals surface area contributed by atoms with Gasteiger partial charge in [0, 0.05) is 25.9 Å². The maximum Gasteiger partial charge on any atom is 0.243 e. The van der Waals surface area contributed by atoms with Crippen LogP contribution in [0.5, 0.6) is 11.5 Å². The lowest BCUT2D eigenvalue weighted by molar-refractivity contribution is -0.135. The minimum absolute atomic E-state index is 0.00782. The van der Waals surface area contributed by atoms with E-state index in [1.807, 2.05) is 13.8 Å². The number of unbranched alkanes of at least 4 members (excludes halogenated alkanes) is 2. The maximum absolute atomic E-state index is 14.5. The van der Waals surface area contributed by atoms with Crippen LogP contribution < -0.4 is 66.3 Å². The minimum atomic E-state index is -1.36. The van der Waals surface area contributed by atoms with Gasteiger partial charge in [0.2, 0.25) is 35.4 Å². The molecule has 2 aromatic rings. The van der Waals surface area contributed by atoms with Gasteiger partial charge in [0.25, 0.3) is 0 Å². The standard InChI is InChI=1S/C46H76N14O8/c1-4-6-23-53-34(12-9-24-54-45(49)50)40(64)58-37(27-30-16-20-32(62)21-17-30)43(67)59-36(26-29-14-18-31(61)19-15-29)42(66)57-35(13-10-25-55-46(51)52)41(65)60-38(28(3)5-2)44(68)56-33(39(48)63)11-7-8-22-47/h14-21,28,33-38,53,61-62H,4-13,22-27,47H2,1-3H3,(H2,48,63)(H,56,68)(H,57,66)(H,58,64)(H,59,67)(H,60,65)(H4,49,50,54)(H4,51,52,55)/t28-,33-,34-,35-,36-,37-,38-/m0/s1. The molecule has 2 aromatic carbocycles. The molecular formula is C46H76N14O8. The van der Waals surface area contributed by atoms with E-state index in [1.54, 1.807) is 31.2 Å². The molecule has 0 aliphatic carbocycles. The van der Waals surface area contributed by atoms with Crippen molar-refractivity contribution in [1.29, 1.82) is 0 Å². The summed E-state index contributed by atoms with van der Waals surface area (Å²) in [5.41, 5.74) is 34.4. The summed E-state index contributed by atoms with van der Waals surface area (Å²) in [6.45, 7) is 6.86. The molecule has 0 aliphatic rings. The fraction of sp³-hybridized carbons (Fsp3) is 0.565. The zero-order valence-electron chi connectivity index (χ0n) is 39.7. The fourth-order valence-corrected chi connectivity index (χ4v) is 7.02. The Hall–Kier alpha value is -6.68. The zero-order valence-corrected chi connectivity index (χ0v) is 39.7. The summed E-state index contributed by atoms with van der Waals surface area (Å²) in [6.07, 6.45) is 4.29. The van der Waals surface area contributed by atoms with E-state index in [9.17, 15) is 39.0 Å². The number of aliphatic imine (C=N–C) groups is 2. The van der Waals surface area contributed by atoms with Gasteiger partial charge in [-0.3, -0.25) is 38.8 Å². The van der Waals surface area contributed by atoms with Crippen molar-refractivity contribution in [2.24, 2.45) is 50.3 Å². The predicted molar refractivity (Wildman–Crippen MR) is 261 cm³/mol. The van der Waals surface area contributed by atoms with E-state index in [1.165, 1.54) is 24.3 Å². The summed E-state index contributed by atoms with van der Waals surface area (Å²) in [7, 11) is 0. The minimum Gasteiger partial charge on any atom is -0.508 e. The normalized spacial score (nSPS) is 14.1. The second-order valence-corrected chi connectivity index (χ2v) is 16.8. The molecule has 0 radical (unpaired) electrons. The van der Waals surface area contributed by atoms with Gasteiger partial charge >= 0.3 is 0 Å². The Morgan fingerprint density at radius 3 is 1.41 bits per heavy atom. The summed E-state index contributed by atoms with van der Waals surface area (Å²) in [5.74, 6) is -4.89. The molecule has 0 aromatic heterocycles. The predicted octanol–water partition coefficient (Wildman–Crippen LogP) is -1.17.